The molecule has 0 bridgehead atoms. The van der Waals surface area contributed by atoms with Crippen molar-refractivity contribution in [2.24, 2.45) is 40.9 Å². The van der Waals surface area contributed by atoms with Crippen molar-refractivity contribution in [2.75, 3.05) is 7.18 Å². The van der Waals surface area contributed by atoms with Gasteiger partial charge in [-0.15, -0.1) is 0 Å². The zero-order chi connectivity index (χ0) is 17.5. The van der Waals surface area contributed by atoms with E-state index in [4.69, 9.17) is 0 Å². The quantitative estimate of drug-likeness (QED) is 0.733. The first-order valence-corrected chi connectivity index (χ1v) is 10.2. The first kappa shape index (κ1) is 18.6. The third kappa shape index (κ3) is 2.94. The third-order valence-corrected chi connectivity index (χ3v) is 8.58. The molecule has 9 atom stereocenters. The maximum atomic E-state index is 10.2. The van der Waals surface area contributed by atoms with Crippen molar-refractivity contribution < 1.29 is 14.6 Å². The van der Waals surface area contributed by atoms with E-state index in [2.05, 4.69) is 6.92 Å². The van der Waals surface area contributed by atoms with E-state index in [9.17, 15) is 14.6 Å². The Bertz CT molecular complexity index is 426. The van der Waals surface area contributed by atoms with Crippen LogP contribution in [0.1, 0.15) is 71.6 Å². The molecule has 140 valence electrons. The van der Waals surface area contributed by atoms with Crippen LogP contribution in [0.3, 0.4) is 0 Å². The summed E-state index contributed by atoms with van der Waals surface area (Å²) in [4.78, 5) is 0. The van der Waals surface area contributed by atoms with Gasteiger partial charge in [0.25, 0.3) is 0 Å². The fourth-order valence-corrected chi connectivity index (χ4v) is 7.66. The Morgan fingerprint density at radius 1 is 0.917 bits per heavy atom. The first-order chi connectivity index (χ1) is 11.5. The van der Waals surface area contributed by atoms with Crippen LogP contribution in [0.15, 0.2) is 0 Å². The number of hydrogen-bond acceptors (Lipinski definition) is 2. The molecule has 0 spiro atoms. The Morgan fingerprint density at radius 3 is 2.33 bits per heavy atom. The molecule has 3 heteroatoms. The summed E-state index contributed by atoms with van der Waals surface area (Å²) in [6.45, 7) is 4.51. The maximum Gasteiger partial charge on any atom is 0.0785 e. The number of halogens is 1. The largest absolute Gasteiger partial charge is 0.393 e. The topological polar surface area (TPSA) is 40.5 Å². The highest BCUT2D eigenvalue weighted by Crippen LogP contribution is 2.64. The van der Waals surface area contributed by atoms with Gasteiger partial charge < -0.3 is 10.2 Å². The fraction of sp³-hybridized carbons (Fsp3) is 1.00. The Kier molecular flexibility index (Phi) is 5.61. The molecule has 4 aliphatic carbocycles. The summed E-state index contributed by atoms with van der Waals surface area (Å²) >= 11 is 0. The van der Waals surface area contributed by atoms with Crippen molar-refractivity contribution >= 4 is 0 Å². The zero-order valence-corrected chi connectivity index (χ0v) is 15.8. The lowest BCUT2D eigenvalue weighted by atomic mass is 9.49. The number of hydrogen-bond donors (Lipinski definition) is 2. The van der Waals surface area contributed by atoms with Crippen LogP contribution in [0.2, 0.25) is 0 Å². The van der Waals surface area contributed by atoms with Crippen molar-refractivity contribution in [3.63, 3.8) is 0 Å². The van der Waals surface area contributed by atoms with Crippen LogP contribution in [0, 0.1) is 40.9 Å². The van der Waals surface area contributed by atoms with Gasteiger partial charge in [0.15, 0.2) is 0 Å². The maximum absolute atomic E-state index is 10.2. The van der Waals surface area contributed by atoms with E-state index in [1.165, 1.54) is 44.9 Å². The summed E-state index contributed by atoms with van der Waals surface area (Å²) < 4.78 is 9.50. The summed E-state index contributed by atoms with van der Waals surface area (Å²) in [6, 6.07) is 0. The Hall–Kier alpha value is -0.150. The molecule has 4 rings (SSSR count). The lowest BCUT2D eigenvalue weighted by Crippen LogP contribution is -2.49. The number of aliphatic hydroxyl groups is 2. The van der Waals surface area contributed by atoms with E-state index >= 15 is 0 Å². The molecular formula is C21H37FO2. The second kappa shape index (κ2) is 7.23. The first-order valence-electron chi connectivity index (χ1n) is 10.2. The number of alkyl halides is 1. The molecule has 0 aromatic rings. The van der Waals surface area contributed by atoms with Crippen LogP contribution >= 0.6 is 0 Å². The van der Waals surface area contributed by atoms with Gasteiger partial charge in [0.2, 0.25) is 0 Å². The molecule has 0 radical (unpaired) electrons. The van der Waals surface area contributed by atoms with Crippen LogP contribution in [-0.2, 0) is 0 Å². The predicted molar refractivity (Wildman–Crippen MR) is 95.3 cm³/mol. The summed E-state index contributed by atoms with van der Waals surface area (Å²) in [5.41, 5.74) is 0.399. The van der Waals surface area contributed by atoms with Gasteiger partial charge in [-0.25, -0.2) is 0 Å². The molecule has 4 fully saturated rings. The number of rotatable bonds is 1. The monoisotopic (exact) mass is 340 g/mol. The van der Waals surface area contributed by atoms with Gasteiger partial charge >= 0.3 is 0 Å². The molecule has 9 unspecified atom stereocenters. The second-order valence-corrected chi connectivity index (χ2v) is 9.37. The van der Waals surface area contributed by atoms with Gasteiger partial charge in [-0.2, -0.15) is 0 Å². The van der Waals surface area contributed by atoms with Crippen molar-refractivity contribution in [3.8, 4) is 0 Å². The minimum atomic E-state index is -0.132. The highest BCUT2D eigenvalue weighted by atomic mass is 19.1. The fourth-order valence-electron chi connectivity index (χ4n) is 7.66. The second-order valence-electron chi connectivity index (χ2n) is 9.37. The minimum absolute atomic E-state index is 0.0160. The van der Waals surface area contributed by atoms with Crippen molar-refractivity contribution in [3.05, 3.63) is 0 Å². The highest BCUT2D eigenvalue weighted by Gasteiger charge is 2.57. The Labute approximate surface area is 147 Å². The van der Waals surface area contributed by atoms with Gasteiger partial charge in [0.1, 0.15) is 0 Å². The van der Waals surface area contributed by atoms with Gasteiger partial charge in [-0.1, -0.05) is 6.92 Å². The van der Waals surface area contributed by atoms with E-state index < -0.39 is 0 Å². The lowest BCUT2D eigenvalue weighted by Gasteiger charge is -2.56. The predicted octanol–water partition coefficient (Wildman–Crippen LogP) is 4.58. The van der Waals surface area contributed by atoms with Crippen LogP contribution in [0.5, 0.6) is 0 Å². The molecule has 0 saturated heterocycles. The number of aliphatic hydroxyl groups excluding tert-OH is 2. The summed E-state index contributed by atoms with van der Waals surface area (Å²) in [6.07, 6.45) is 11.3. The van der Waals surface area contributed by atoms with Crippen LogP contribution in [-0.4, -0.2) is 29.6 Å². The third-order valence-electron chi connectivity index (χ3n) is 8.58. The van der Waals surface area contributed by atoms with Crippen molar-refractivity contribution in [1.82, 2.24) is 0 Å². The summed E-state index contributed by atoms with van der Waals surface area (Å²) in [7, 11) is 0.500. The molecule has 0 aromatic carbocycles. The van der Waals surface area contributed by atoms with Crippen molar-refractivity contribution in [1.29, 1.82) is 0 Å². The van der Waals surface area contributed by atoms with Crippen LogP contribution in [0.25, 0.3) is 0 Å². The molecular weight excluding hydrogens is 303 g/mol. The zero-order valence-electron chi connectivity index (χ0n) is 15.8. The Balaban J connectivity index is 0.000000815. The lowest BCUT2D eigenvalue weighted by molar-refractivity contribution is -0.0886. The molecule has 0 aromatic heterocycles. The average molecular weight is 341 g/mol. The molecule has 0 aliphatic heterocycles. The van der Waals surface area contributed by atoms with E-state index in [-0.39, 0.29) is 12.2 Å². The van der Waals surface area contributed by atoms with E-state index in [0.717, 1.165) is 42.4 Å². The standard InChI is InChI=1S/C20H34O2.CH3F/c1-12(21)18-7-8-19-17-5-3-13-11-14(22)4-6-15(13)16(17)9-10-20(18,19)2;1-2/h12-19,21-22H,3-11H2,1-2H3;1H3. The molecule has 2 N–H and O–H groups in total. The van der Waals surface area contributed by atoms with Gasteiger partial charge in [-0.05, 0) is 106 Å². The van der Waals surface area contributed by atoms with Crippen LogP contribution < -0.4 is 0 Å². The molecule has 0 amide bonds. The summed E-state index contributed by atoms with van der Waals surface area (Å²) in [5.74, 6) is 4.94. The smallest absolute Gasteiger partial charge is 0.0785 e. The Morgan fingerprint density at radius 2 is 1.62 bits per heavy atom. The van der Waals surface area contributed by atoms with Gasteiger partial charge in [0.05, 0.1) is 19.4 Å². The van der Waals surface area contributed by atoms with Crippen LogP contribution in [0.4, 0.5) is 4.39 Å². The normalized spacial score (nSPS) is 51.5. The van der Waals surface area contributed by atoms with E-state index in [1.54, 1.807) is 0 Å². The molecule has 4 saturated carbocycles. The average Bonchev–Trinajstić information content (AvgIpc) is 2.93. The summed E-state index contributed by atoms with van der Waals surface area (Å²) in [5, 5.41) is 20.2. The van der Waals surface area contributed by atoms with E-state index in [0.29, 0.717) is 18.5 Å². The highest BCUT2D eigenvalue weighted by molar-refractivity contribution is 5.06. The molecule has 4 aliphatic rings. The molecule has 2 nitrogen and oxygen atoms in total. The SMILES string of the molecule is CC(O)C1CCC2C3CCC4CC(O)CCC4C3CCC12C.CF. The molecule has 24 heavy (non-hydrogen) atoms. The van der Waals surface area contributed by atoms with E-state index in [1.807, 2.05) is 6.92 Å². The minimum Gasteiger partial charge on any atom is -0.393 e. The van der Waals surface area contributed by atoms with Crippen molar-refractivity contribution in [2.45, 2.75) is 83.8 Å². The van der Waals surface area contributed by atoms with Gasteiger partial charge in [0, 0.05) is 0 Å². The molecule has 0 heterocycles. The van der Waals surface area contributed by atoms with Gasteiger partial charge in [-0.3, -0.25) is 4.39 Å². The number of fused-ring (bicyclic) bond motifs is 5.